The summed E-state index contributed by atoms with van der Waals surface area (Å²) >= 11 is 3.71. The van der Waals surface area contributed by atoms with Crippen LogP contribution in [-0.2, 0) is 10.2 Å². The Bertz CT molecular complexity index is 455. The Labute approximate surface area is 123 Å². The van der Waals surface area contributed by atoms with Crippen LogP contribution in [0.5, 0.6) is 0 Å². The zero-order valence-corrected chi connectivity index (χ0v) is 12.7. The highest BCUT2D eigenvalue weighted by Gasteiger charge is 2.51. The largest absolute Gasteiger partial charge is 0.351 e. The van der Waals surface area contributed by atoms with Gasteiger partial charge in [0.25, 0.3) is 0 Å². The maximum atomic E-state index is 12.6. The van der Waals surface area contributed by atoms with E-state index in [-0.39, 0.29) is 11.3 Å². The van der Waals surface area contributed by atoms with Crippen molar-refractivity contribution in [2.45, 2.75) is 54.8 Å². The number of rotatable bonds is 3. The minimum Gasteiger partial charge on any atom is -0.351 e. The summed E-state index contributed by atoms with van der Waals surface area (Å²) in [6.07, 6.45) is 6.75. The molecule has 0 bridgehead atoms. The summed E-state index contributed by atoms with van der Waals surface area (Å²) in [4.78, 5) is 13.1. The predicted molar refractivity (Wildman–Crippen MR) is 80.5 cm³/mol. The van der Waals surface area contributed by atoms with Gasteiger partial charge in [0.2, 0.25) is 5.91 Å². The van der Waals surface area contributed by atoms with E-state index < -0.39 is 0 Å². The number of carbonyl (C=O) groups is 1. The van der Waals surface area contributed by atoms with E-state index in [1.807, 2.05) is 18.2 Å². The molecule has 0 saturated heterocycles. The van der Waals surface area contributed by atoms with Crippen LogP contribution in [0.3, 0.4) is 0 Å². The minimum absolute atomic E-state index is 0.231. The van der Waals surface area contributed by atoms with Crippen molar-refractivity contribution in [2.75, 3.05) is 0 Å². The molecule has 2 aliphatic carbocycles. The van der Waals surface area contributed by atoms with E-state index in [1.54, 1.807) is 0 Å². The lowest BCUT2D eigenvalue weighted by atomic mass is 9.91. The summed E-state index contributed by atoms with van der Waals surface area (Å²) in [5, 5.41) is 3.28. The summed E-state index contributed by atoms with van der Waals surface area (Å²) in [6, 6.07) is 10.5. The van der Waals surface area contributed by atoms with Crippen molar-refractivity contribution in [1.29, 1.82) is 0 Å². The second-order valence-corrected chi connectivity index (χ2v) is 7.00. The number of hydrogen-bond donors (Lipinski definition) is 1. The van der Waals surface area contributed by atoms with Crippen molar-refractivity contribution < 1.29 is 4.79 Å². The first-order chi connectivity index (χ1) is 9.22. The van der Waals surface area contributed by atoms with Crippen LogP contribution in [0.25, 0.3) is 0 Å². The fraction of sp³-hybridized carbons (Fsp3) is 0.562. The van der Waals surface area contributed by atoms with Crippen molar-refractivity contribution in [3.05, 3.63) is 35.9 Å². The lowest BCUT2D eigenvalue weighted by Crippen LogP contribution is -2.46. The molecule has 2 atom stereocenters. The summed E-state index contributed by atoms with van der Waals surface area (Å²) in [5.41, 5.74) is 0.945. The number of benzene rings is 1. The maximum Gasteiger partial charge on any atom is 0.230 e. The summed E-state index contributed by atoms with van der Waals surface area (Å²) < 4.78 is 0. The Balaban J connectivity index is 1.70. The molecule has 0 radical (unpaired) electrons. The molecule has 1 amide bonds. The van der Waals surface area contributed by atoms with Gasteiger partial charge in [0, 0.05) is 10.9 Å². The highest BCUT2D eigenvalue weighted by molar-refractivity contribution is 9.09. The summed E-state index contributed by atoms with van der Waals surface area (Å²) in [5.74, 6) is 0.232. The van der Waals surface area contributed by atoms with E-state index in [9.17, 15) is 4.79 Å². The molecule has 2 nitrogen and oxygen atoms in total. The van der Waals surface area contributed by atoms with E-state index in [4.69, 9.17) is 0 Å². The number of nitrogens with one attached hydrogen (secondary N) is 1. The lowest BCUT2D eigenvalue weighted by molar-refractivity contribution is -0.124. The molecular formula is C16H20BrNO. The molecule has 2 saturated carbocycles. The third kappa shape index (κ3) is 2.58. The van der Waals surface area contributed by atoms with Gasteiger partial charge < -0.3 is 5.32 Å². The van der Waals surface area contributed by atoms with E-state index in [1.165, 1.54) is 24.8 Å². The molecular weight excluding hydrogens is 302 g/mol. The highest BCUT2D eigenvalue weighted by atomic mass is 79.9. The predicted octanol–water partition coefficient (Wildman–Crippen LogP) is 3.54. The fourth-order valence-electron chi connectivity index (χ4n) is 3.08. The number of hydrogen-bond acceptors (Lipinski definition) is 1. The van der Waals surface area contributed by atoms with Crippen molar-refractivity contribution in [3.63, 3.8) is 0 Å². The number of alkyl halides is 1. The number of carbonyl (C=O) groups excluding carboxylic acids is 1. The first-order valence-corrected chi connectivity index (χ1v) is 8.14. The van der Waals surface area contributed by atoms with Crippen LogP contribution in [0.4, 0.5) is 0 Å². The van der Waals surface area contributed by atoms with Gasteiger partial charge in [-0.2, -0.15) is 0 Å². The Morgan fingerprint density at radius 1 is 1.16 bits per heavy atom. The second kappa shape index (κ2) is 5.28. The Kier molecular flexibility index (Phi) is 3.66. The average molecular weight is 322 g/mol. The zero-order valence-electron chi connectivity index (χ0n) is 11.1. The number of amides is 1. The smallest absolute Gasteiger partial charge is 0.230 e. The van der Waals surface area contributed by atoms with Crippen molar-refractivity contribution in [1.82, 2.24) is 5.32 Å². The SMILES string of the molecule is O=C(NC1CCCCC1Br)C1(c2ccccc2)CC1. The van der Waals surface area contributed by atoms with Crippen LogP contribution in [0.1, 0.15) is 44.1 Å². The molecule has 0 spiro atoms. The second-order valence-electron chi connectivity index (χ2n) is 5.83. The molecule has 1 aromatic rings. The van der Waals surface area contributed by atoms with Gasteiger partial charge in [0.1, 0.15) is 0 Å². The molecule has 1 N–H and O–H groups in total. The Morgan fingerprint density at radius 2 is 1.84 bits per heavy atom. The molecule has 1 aromatic carbocycles. The molecule has 0 aromatic heterocycles. The zero-order chi connectivity index (χ0) is 13.3. The molecule has 0 heterocycles. The number of halogens is 1. The quantitative estimate of drug-likeness (QED) is 0.848. The van der Waals surface area contributed by atoms with Crippen LogP contribution in [0, 0.1) is 0 Å². The van der Waals surface area contributed by atoms with Gasteiger partial charge in [-0.15, -0.1) is 0 Å². The van der Waals surface area contributed by atoms with Crippen molar-refractivity contribution in [3.8, 4) is 0 Å². The molecule has 2 fully saturated rings. The average Bonchev–Trinajstić information content (AvgIpc) is 3.24. The normalized spacial score (nSPS) is 28.7. The van der Waals surface area contributed by atoms with Crippen LogP contribution in [0.2, 0.25) is 0 Å². The monoisotopic (exact) mass is 321 g/mol. The summed E-state index contributed by atoms with van der Waals surface area (Å²) in [7, 11) is 0. The molecule has 0 aliphatic heterocycles. The summed E-state index contributed by atoms with van der Waals surface area (Å²) in [6.45, 7) is 0. The van der Waals surface area contributed by atoms with E-state index >= 15 is 0 Å². The van der Waals surface area contributed by atoms with Crippen molar-refractivity contribution >= 4 is 21.8 Å². The van der Waals surface area contributed by atoms with Gasteiger partial charge in [-0.1, -0.05) is 59.1 Å². The molecule has 3 heteroatoms. The molecule has 2 aliphatic rings. The van der Waals surface area contributed by atoms with Crippen LogP contribution in [0.15, 0.2) is 30.3 Å². The van der Waals surface area contributed by atoms with Gasteiger partial charge >= 0.3 is 0 Å². The molecule has 2 unspecified atom stereocenters. The topological polar surface area (TPSA) is 29.1 Å². The third-order valence-corrected chi connectivity index (χ3v) is 5.61. The van der Waals surface area contributed by atoms with Gasteiger partial charge in [-0.25, -0.2) is 0 Å². The standard InChI is InChI=1S/C16H20BrNO/c17-13-8-4-5-9-14(13)18-15(19)16(10-11-16)12-6-2-1-3-7-12/h1-3,6-7,13-14H,4-5,8-11H2,(H,18,19). The molecule has 19 heavy (non-hydrogen) atoms. The first-order valence-electron chi connectivity index (χ1n) is 7.23. The third-order valence-electron chi connectivity index (χ3n) is 4.51. The Hall–Kier alpha value is -0.830. The van der Waals surface area contributed by atoms with Crippen LogP contribution >= 0.6 is 15.9 Å². The maximum absolute atomic E-state index is 12.6. The van der Waals surface area contributed by atoms with Crippen molar-refractivity contribution in [2.24, 2.45) is 0 Å². The Morgan fingerprint density at radius 3 is 2.47 bits per heavy atom. The minimum atomic E-state index is -0.231. The van der Waals surface area contributed by atoms with Crippen LogP contribution in [-0.4, -0.2) is 16.8 Å². The van der Waals surface area contributed by atoms with E-state index in [0.29, 0.717) is 10.9 Å². The molecule has 3 rings (SSSR count). The van der Waals surface area contributed by atoms with E-state index in [0.717, 1.165) is 19.3 Å². The van der Waals surface area contributed by atoms with Gasteiger partial charge in [-0.3, -0.25) is 4.79 Å². The van der Waals surface area contributed by atoms with Gasteiger partial charge in [0.15, 0.2) is 0 Å². The molecule has 102 valence electrons. The van der Waals surface area contributed by atoms with E-state index in [2.05, 4.69) is 33.4 Å². The van der Waals surface area contributed by atoms with Crippen LogP contribution < -0.4 is 5.32 Å². The fourth-order valence-corrected chi connectivity index (χ4v) is 3.80. The first kappa shape index (κ1) is 13.2. The lowest BCUT2D eigenvalue weighted by Gasteiger charge is -2.30. The van der Waals surface area contributed by atoms with Gasteiger partial charge in [-0.05, 0) is 31.2 Å². The highest BCUT2D eigenvalue weighted by Crippen LogP contribution is 2.48. The van der Waals surface area contributed by atoms with Gasteiger partial charge in [0.05, 0.1) is 5.41 Å².